The second-order valence-electron chi connectivity index (χ2n) is 4.38. The minimum absolute atomic E-state index is 0.00375. The number of phenolic OH excluding ortho intramolecular Hbond substituents is 1. The third kappa shape index (κ3) is 3.78. The van der Waals surface area contributed by atoms with Gasteiger partial charge in [-0.2, -0.15) is 4.98 Å². The topological polar surface area (TPSA) is 88.5 Å². The number of amides is 1. The fourth-order valence-corrected chi connectivity index (χ4v) is 1.71. The Morgan fingerprint density at radius 2 is 2.09 bits per heavy atom. The van der Waals surface area contributed by atoms with Crippen molar-refractivity contribution in [3.05, 3.63) is 47.8 Å². The lowest BCUT2D eigenvalue weighted by Gasteiger charge is -2.06. The Morgan fingerprint density at radius 3 is 2.77 bits per heavy atom. The van der Waals surface area contributed by atoms with Gasteiger partial charge in [-0.3, -0.25) is 9.59 Å². The van der Waals surface area contributed by atoms with Crippen molar-refractivity contribution in [2.75, 3.05) is 12.4 Å². The van der Waals surface area contributed by atoms with Gasteiger partial charge >= 0.3 is 0 Å². The number of nitrogens with zero attached hydrogens (tertiary/aromatic N) is 1. The quantitative estimate of drug-likeness (QED) is 0.652. The van der Waals surface area contributed by atoms with E-state index in [-0.39, 0.29) is 11.4 Å². The molecule has 0 aliphatic carbocycles. The maximum absolute atomic E-state index is 13.2. The Hall–Kier alpha value is -2.96. The van der Waals surface area contributed by atoms with Crippen molar-refractivity contribution in [3.63, 3.8) is 0 Å². The summed E-state index contributed by atoms with van der Waals surface area (Å²) in [5.41, 5.74) is 0.00375. The van der Waals surface area contributed by atoms with Gasteiger partial charge in [-0.15, -0.1) is 0 Å². The predicted molar refractivity (Wildman–Crippen MR) is 76.4 cm³/mol. The summed E-state index contributed by atoms with van der Waals surface area (Å²) in [4.78, 5) is 27.6. The van der Waals surface area contributed by atoms with Gasteiger partial charge in [0.2, 0.25) is 11.8 Å². The van der Waals surface area contributed by atoms with E-state index < -0.39 is 29.7 Å². The zero-order chi connectivity index (χ0) is 16.1. The third-order valence-corrected chi connectivity index (χ3v) is 2.79. The van der Waals surface area contributed by atoms with Gasteiger partial charge in [0.15, 0.2) is 17.3 Å². The van der Waals surface area contributed by atoms with Crippen molar-refractivity contribution in [2.24, 2.45) is 0 Å². The SMILES string of the molecule is COc1cccc(NC(=O)CC(=O)c2ccc(O)c(F)c2)n1. The summed E-state index contributed by atoms with van der Waals surface area (Å²) < 4.78 is 18.1. The van der Waals surface area contributed by atoms with Crippen LogP contribution in [0.3, 0.4) is 0 Å². The van der Waals surface area contributed by atoms with E-state index in [9.17, 15) is 14.0 Å². The average molecular weight is 304 g/mol. The molecule has 2 rings (SSSR count). The van der Waals surface area contributed by atoms with Gasteiger partial charge in [0, 0.05) is 11.6 Å². The highest BCUT2D eigenvalue weighted by atomic mass is 19.1. The van der Waals surface area contributed by atoms with Crippen LogP contribution in [0.1, 0.15) is 16.8 Å². The van der Waals surface area contributed by atoms with E-state index in [0.29, 0.717) is 5.88 Å². The fraction of sp³-hybridized carbons (Fsp3) is 0.133. The lowest BCUT2D eigenvalue weighted by Crippen LogP contribution is -2.17. The molecule has 1 aromatic carbocycles. The Kier molecular flexibility index (Phi) is 4.67. The van der Waals surface area contributed by atoms with Crippen molar-refractivity contribution in [1.29, 1.82) is 0 Å². The molecule has 0 fully saturated rings. The highest BCUT2D eigenvalue weighted by Gasteiger charge is 2.14. The monoisotopic (exact) mass is 304 g/mol. The number of nitrogens with one attached hydrogen (secondary N) is 1. The maximum Gasteiger partial charge on any atom is 0.233 e. The first-order valence-electron chi connectivity index (χ1n) is 6.32. The number of rotatable bonds is 5. The Morgan fingerprint density at radius 1 is 1.32 bits per heavy atom. The number of aromatic hydroxyl groups is 1. The number of hydrogen-bond acceptors (Lipinski definition) is 5. The van der Waals surface area contributed by atoms with Gasteiger partial charge in [-0.1, -0.05) is 6.07 Å². The van der Waals surface area contributed by atoms with Gasteiger partial charge in [0.25, 0.3) is 0 Å². The number of hydrogen-bond donors (Lipinski definition) is 2. The van der Waals surface area contributed by atoms with E-state index in [1.54, 1.807) is 18.2 Å². The molecule has 2 aromatic rings. The average Bonchev–Trinajstić information content (AvgIpc) is 2.50. The van der Waals surface area contributed by atoms with Crippen molar-refractivity contribution in [3.8, 4) is 11.6 Å². The van der Waals surface area contributed by atoms with Gasteiger partial charge in [0.05, 0.1) is 13.5 Å². The molecular weight excluding hydrogens is 291 g/mol. The highest BCUT2D eigenvalue weighted by molar-refractivity contribution is 6.10. The van der Waals surface area contributed by atoms with Crippen LogP contribution < -0.4 is 10.1 Å². The molecule has 2 N–H and O–H groups in total. The van der Waals surface area contributed by atoms with Gasteiger partial charge < -0.3 is 15.2 Å². The van der Waals surface area contributed by atoms with E-state index in [2.05, 4.69) is 10.3 Å². The second-order valence-corrected chi connectivity index (χ2v) is 4.38. The highest BCUT2D eigenvalue weighted by Crippen LogP contribution is 2.17. The summed E-state index contributed by atoms with van der Waals surface area (Å²) in [6, 6.07) is 7.99. The van der Waals surface area contributed by atoms with Crippen molar-refractivity contribution < 1.29 is 23.8 Å². The third-order valence-electron chi connectivity index (χ3n) is 2.79. The number of Topliss-reactive ketones (excluding diaryl/α,β-unsaturated/α-hetero) is 1. The lowest BCUT2D eigenvalue weighted by atomic mass is 10.1. The lowest BCUT2D eigenvalue weighted by molar-refractivity contribution is -0.115. The molecule has 0 bridgehead atoms. The van der Waals surface area contributed by atoms with Crippen LogP contribution in [0, 0.1) is 5.82 Å². The van der Waals surface area contributed by atoms with Crippen LogP contribution in [0.4, 0.5) is 10.2 Å². The zero-order valence-corrected chi connectivity index (χ0v) is 11.7. The number of pyridine rings is 1. The molecule has 0 aliphatic rings. The first kappa shape index (κ1) is 15.4. The van der Waals surface area contributed by atoms with Crippen LogP contribution in [0.2, 0.25) is 0 Å². The Balaban J connectivity index is 2.01. The number of aromatic nitrogens is 1. The van der Waals surface area contributed by atoms with Crippen molar-refractivity contribution in [1.82, 2.24) is 4.98 Å². The summed E-state index contributed by atoms with van der Waals surface area (Å²) in [5, 5.41) is 11.5. The van der Waals surface area contributed by atoms with Gasteiger partial charge in [-0.05, 0) is 24.3 Å². The molecule has 0 unspecified atom stereocenters. The molecule has 114 valence electrons. The molecule has 1 heterocycles. The summed E-state index contributed by atoms with van der Waals surface area (Å²) in [7, 11) is 1.44. The van der Waals surface area contributed by atoms with E-state index in [1.807, 2.05) is 0 Å². The molecule has 7 heteroatoms. The predicted octanol–water partition coefficient (Wildman–Crippen LogP) is 2.15. The van der Waals surface area contributed by atoms with E-state index in [0.717, 1.165) is 12.1 Å². The first-order valence-corrected chi connectivity index (χ1v) is 6.32. The number of methoxy groups -OCH3 is 1. The number of halogens is 1. The van der Waals surface area contributed by atoms with Crippen LogP contribution in [-0.4, -0.2) is 28.9 Å². The fourth-order valence-electron chi connectivity index (χ4n) is 1.71. The minimum atomic E-state index is -0.916. The number of ketones is 1. The molecule has 0 radical (unpaired) electrons. The van der Waals surface area contributed by atoms with E-state index in [1.165, 1.54) is 13.2 Å². The smallest absolute Gasteiger partial charge is 0.233 e. The Bertz CT molecular complexity index is 718. The van der Waals surface area contributed by atoms with Gasteiger partial charge in [0.1, 0.15) is 5.82 Å². The molecule has 1 amide bonds. The van der Waals surface area contributed by atoms with Crippen molar-refractivity contribution >= 4 is 17.5 Å². The molecule has 0 spiro atoms. The number of carbonyl (C=O) groups is 2. The van der Waals surface area contributed by atoms with Gasteiger partial charge in [-0.25, -0.2) is 4.39 Å². The van der Waals surface area contributed by atoms with E-state index in [4.69, 9.17) is 9.84 Å². The molecule has 0 atom stereocenters. The van der Waals surface area contributed by atoms with Crippen LogP contribution in [-0.2, 0) is 4.79 Å². The molecule has 22 heavy (non-hydrogen) atoms. The van der Waals surface area contributed by atoms with Crippen LogP contribution in [0.15, 0.2) is 36.4 Å². The number of benzene rings is 1. The normalized spacial score (nSPS) is 10.1. The summed E-state index contributed by atoms with van der Waals surface area (Å²) in [6.45, 7) is 0. The largest absolute Gasteiger partial charge is 0.505 e. The van der Waals surface area contributed by atoms with Crippen LogP contribution >= 0.6 is 0 Å². The minimum Gasteiger partial charge on any atom is -0.505 e. The number of anilines is 1. The standard InChI is InChI=1S/C15H13FN2O4/c1-22-15-4-2-3-13(18-15)17-14(21)8-12(20)9-5-6-11(19)10(16)7-9/h2-7,19H,8H2,1H3,(H,17,18,21). The second kappa shape index (κ2) is 6.66. The number of ether oxygens (including phenoxy) is 1. The molecule has 0 aliphatic heterocycles. The molecule has 1 aromatic heterocycles. The van der Waals surface area contributed by atoms with Crippen LogP contribution in [0.5, 0.6) is 11.6 Å². The summed E-state index contributed by atoms with van der Waals surface area (Å²) in [5.74, 6) is -2.06. The molecule has 0 saturated carbocycles. The number of carbonyl (C=O) groups excluding carboxylic acids is 2. The van der Waals surface area contributed by atoms with E-state index >= 15 is 0 Å². The van der Waals surface area contributed by atoms with Crippen LogP contribution in [0.25, 0.3) is 0 Å². The Labute approximate surface area is 125 Å². The van der Waals surface area contributed by atoms with Crippen molar-refractivity contribution in [2.45, 2.75) is 6.42 Å². The molecule has 0 saturated heterocycles. The number of phenols is 1. The summed E-state index contributed by atoms with van der Waals surface area (Å²) in [6.07, 6.45) is -0.469. The molecular formula is C15H13FN2O4. The first-order chi connectivity index (χ1) is 10.5. The zero-order valence-electron chi connectivity index (χ0n) is 11.7. The summed E-state index contributed by atoms with van der Waals surface area (Å²) >= 11 is 0. The maximum atomic E-state index is 13.2. The molecule has 6 nitrogen and oxygen atoms in total.